The molecule has 0 saturated carbocycles. The van der Waals surface area contributed by atoms with Gasteiger partial charge in [0, 0.05) is 10.0 Å². The minimum absolute atomic E-state index is 0.766. The first-order valence-corrected chi connectivity index (χ1v) is 5.39. The summed E-state index contributed by atoms with van der Waals surface area (Å²) in [7, 11) is 0. The van der Waals surface area contributed by atoms with E-state index in [4.69, 9.17) is 5.73 Å². The lowest BCUT2D eigenvalue weighted by Gasteiger charge is -1.97. The summed E-state index contributed by atoms with van der Waals surface area (Å²) >= 11 is 4.84. The Balaban J connectivity index is 2.47. The lowest BCUT2D eigenvalue weighted by Crippen LogP contribution is -1.84. The van der Waals surface area contributed by atoms with E-state index in [2.05, 4.69) is 20.9 Å². The first-order valence-electron chi connectivity index (χ1n) is 3.72. The number of nitrogen functional groups attached to an aromatic ring is 1. The van der Waals surface area contributed by atoms with Gasteiger partial charge >= 0.3 is 0 Å². The highest BCUT2D eigenvalue weighted by molar-refractivity contribution is 9.10. The molecule has 0 radical (unpaired) electrons. The number of hydrogen-bond donors (Lipinski definition) is 1. The SMILES string of the molecule is Nc1scnc1-c1ccc(Br)cc1. The van der Waals surface area contributed by atoms with E-state index in [1.165, 1.54) is 11.3 Å². The summed E-state index contributed by atoms with van der Waals surface area (Å²) < 4.78 is 1.06. The molecule has 2 aromatic rings. The summed E-state index contributed by atoms with van der Waals surface area (Å²) in [5.41, 5.74) is 9.44. The van der Waals surface area contributed by atoms with Crippen molar-refractivity contribution in [1.29, 1.82) is 0 Å². The van der Waals surface area contributed by atoms with E-state index < -0.39 is 0 Å². The van der Waals surface area contributed by atoms with Crippen LogP contribution in [-0.2, 0) is 0 Å². The van der Waals surface area contributed by atoms with Crippen molar-refractivity contribution in [3.63, 3.8) is 0 Å². The normalized spacial score (nSPS) is 10.2. The van der Waals surface area contributed by atoms with Crippen LogP contribution in [0.2, 0.25) is 0 Å². The predicted molar refractivity (Wildman–Crippen MR) is 59.7 cm³/mol. The number of hydrogen-bond acceptors (Lipinski definition) is 3. The first-order chi connectivity index (χ1) is 6.27. The lowest BCUT2D eigenvalue weighted by atomic mass is 10.2. The number of aromatic nitrogens is 1. The van der Waals surface area contributed by atoms with Gasteiger partial charge in [0.25, 0.3) is 0 Å². The van der Waals surface area contributed by atoms with E-state index in [0.29, 0.717) is 0 Å². The van der Waals surface area contributed by atoms with Gasteiger partial charge < -0.3 is 5.73 Å². The molecule has 0 spiro atoms. The molecule has 0 fully saturated rings. The van der Waals surface area contributed by atoms with E-state index in [9.17, 15) is 0 Å². The molecule has 0 aliphatic heterocycles. The zero-order chi connectivity index (χ0) is 9.26. The maximum Gasteiger partial charge on any atom is 0.114 e. The molecule has 0 aliphatic carbocycles. The van der Waals surface area contributed by atoms with E-state index in [0.717, 1.165) is 20.7 Å². The number of halogens is 1. The summed E-state index contributed by atoms with van der Waals surface area (Å²) in [6.45, 7) is 0. The summed E-state index contributed by atoms with van der Waals surface area (Å²) in [5.74, 6) is 0. The molecule has 1 aromatic carbocycles. The van der Waals surface area contributed by atoms with Crippen LogP contribution in [0.3, 0.4) is 0 Å². The smallest absolute Gasteiger partial charge is 0.114 e. The quantitative estimate of drug-likeness (QED) is 0.850. The van der Waals surface area contributed by atoms with Crippen molar-refractivity contribution in [3.05, 3.63) is 34.2 Å². The Bertz CT molecular complexity index is 408. The molecule has 0 amide bonds. The fraction of sp³-hybridized carbons (Fsp3) is 0. The highest BCUT2D eigenvalue weighted by Crippen LogP contribution is 2.28. The van der Waals surface area contributed by atoms with Crippen molar-refractivity contribution in [2.45, 2.75) is 0 Å². The van der Waals surface area contributed by atoms with Crippen LogP contribution in [0.25, 0.3) is 11.3 Å². The molecule has 1 heterocycles. The molecule has 2 N–H and O–H groups in total. The van der Waals surface area contributed by atoms with Gasteiger partial charge in [0.2, 0.25) is 0 Å². The molecular formula is C9H7BrN2S. The zero-order valence-corrected chi connectivity index (χ0v) is 9.10. The second-order valence-electron chi connectivity index (χ2n) is 2.57. The van der Waals surface area contributed by atoms with Gasteiger partial charge in [0.15, 0.2) is 0 Å². The molecule has 0 aliphatic rings. The van der Waals surface area contributed by atoms with Crippen LogP contribution in [0.1, 0.15) is 0 Å². The van der Waals surface area contributed by atoms with Gasteiger partial charge in [0.05, 0.1) is 5.51 Å². The topological polar surface area (TPSA) is 38.9 Å². The minimum atomic E-state index is 0.766. The van der Waals surface area contributed by atoms with Gasteiger partial charge in [-0.3, -0.25) is 0 Å². The Hall–Kier alpha value is -0.870. The van der Waals surface area contributed by atoms with Gasteiger partial charge in [-0.2, -0.15) is 0 Å². The number of thiazole rings is 1. The van der Waals surface area contributed by atoms with Crippen LogP contribution >= 0.6 is 27.3 Å². The molecule has 66 valence electrons. The fourth-order valence-electron chi connectivity index (χ4n) is 1.08. The van der Waals surface area contributed by atoms with Crippen molar-refractivity contribution in [3.8, 4) is 11.3 Å². The summed E-state index contributed by atoms with van der Waals surface area (Å²) in [6.07, 6.45) is 0. The molecule has 0 bridgehead atoms. The third-order valence-electron chi connectivity index (χ3n) is 1.71. The predicted octanol–water partition coefficient (Wildman–Crippen LogP) is 3.15. The summed E-state index contributed by atoms with van der Waals surface area (Å²) in [4.78, 5) is 4.19. The number of nitrogens with zero attached hydrogens (tertiary/aromatic N) is 1. The third-order valence-corrected chi connectivity index (χ3v) is 2.90. The average molecular weight is 255 g/mol. The largest absolute Gasteiger partial charge is 0.389 e. The van der Waals surface area contributed by atoms with Gasteiger partial charge in [-0.05, 0) is 12.1 Å². The second kappa shape index (κ2) is 3.47. The van der Waals surface area contributed by atoms with E-state index in [1.54, 1.807) is 5.51 Å². The van der Waals surface area contributed by atoms with Crippen LogP contribution in [-0.4, -0.2) is 4.98 Å². The van der Waals surface area contributed by atoms with Crippen LogP contribution < -0.4 is 5.73 Å². The fourth-order valence-corrected chi connectivity index (χ4v) is 1.90. The van der Waals surface area contributed by atoms with Gasteiger partial charge in [-0.25, -0.2) is 4.98 Å². The summed E-state index contributed by atoms with van der Waals surface area (Å²) in [6, 6.07) is 7.95. The Labute approximate surface area is 88.6 Å². The van der Waals surface area contributed by atoms with Crippen molar-refractivity contribution >= 4 is 32.3 Å². The Morgan fingerprint density at radius 2 is 1.92 bits per heavy atom. The number of benzene rings is 1. The average Bonchev–Trinajstić information content (AvgIpc) is 2.53. The Morgan fingerprint density at radius 3 is 2.46 bits per heavy atom. The van der Waals surface area contributed by atoms with Crippen LogP contribution in [0.4, 0.5) is 5.00 Å². The summed E-state index contributed by atoms with van der Waals surface area (Å²) in [5, 5.41) is 0.766. The number of nitrogens with two attached hydrogens (primary N) is 1. The molecular weight excluding hydrogens is 248 g/mol. The number of rotatable bonds is 1. The molecule has 4 heteroatoms. The molecule has 2 nitrogen and oxygen atoms in total. The van der Waals surface area contributed by atoms with Crippen LogP contribution in [0.15, 0.2) is 34.2 Å². The van der Waals surface area contributed by atoms with Crippen molar-refractivity contribution < 1.29 is 0 Å². The highest BCUT2D eigenvalue weighted by atomic mass is 79.9. The molecule has 1 aromatic heterocycles. The zero-order valence-electron chi connectivity index (χ0n) is 6.70. The highest BCUT2D eigenvalue weighted by Gasteiger charge is 2.04. The Kier molecular flexibility index (Phi) is 2.33. The van der Waals surface area contributed by atoms with Crippen LogP contribution in [0.5, 0.6) is 0 Å². The molecule has 2 rings (SSSR count). The first kappa shape index (κ1) is 8.72. The monoisotopic (exact) mass is 254 g/mol. The van der Waals surface area contributed by atoms with Crippen molar-refractivity contribution in [2.75, 3.05) is 5.73 Å². The van der Waals surface area contributed by atoms with E-state index >= 15 is 0 Å². The van der Waals surface area contributed by atoms with Crippen LogP contribution in [0, 0.1) is 0 Å². The Morgan fingerprint density at radius 1 is 1.23 bits per heavy atom. The minimum Gasteiger partial charge on any atom is -0.389 e. The molecule has 0 saturated heterocycles. The van der Waals surface area contributed by atoms with Gasteiger partial charge in [-0.1, -0.05) is 28.1 Å². The van der Waals surface area contributed by atoms with Gasteiger partial charge in [-0.15, -0.1) is 11.3 Å². The standard InChI is InChI=1S/C9H7BrN2S/c10-7-3-1-6(2-4-7)8-9(11)13-5-12-8/h1-5H,11H2. The van der Waals surface area contributed by atoms with E-state index in [1.807, 2.05) is 24.3 Å². The molecule has 0 atom stereocenters. The van der Waals surface area contributed by atoms with Crippen molar-refractivity contribution in [2.24, 2.45) is 0 Å². The maximum atomic E-state index is 5.75. The maximum absolute atomic E-state index is 5.75. The van der Waals surface area contributed by atoms with E-state index in [-0.39, 0.29) is 0 Å². The molecule has 13 heavy (non-hydrogen) atoms. The third kappa shape index (κ3) is 1.73. The number of anilines is 1. The van der Waals surface area contributed by atoms with Crippen molar-refractivity contribution in [1.82, 2.24) is 4.98 Å². The second-order valence-corrected chi connectivity index (χ2v) is 4.37. The molecule has 0 unspecified atom stereocenters. The lowest BCUT2D eigenvalue weighted by molar-refractivity contribution is 1.41. The van der Waals surface area contributed by atoms with Gasteiger partial charge in [0.1, 0.15) is 10.7 Å².